The van der Waals surface area contributed by atoms with Crippen LogP contribution in [0.3, 0.4) is 0 Å². The molecule has 35 heavy (non-hydrogen) atoms. The Hall–Kier alpha value is -3.31. The molecule has 0 aliphatic carbocycles. The number of anilines is 1. The first-order chi connectivity index (χ1) is 16.3. The van der Waals surface area contributed by atoms with Crippen LogP contribution in [-0.2, 0) is 6.42 Å². The van der Waals surface area contributed by atoms with Crippen LogP contribution in [0.5, 0.6) is 0 Å². The van der Waals surface area contributed by atoms with Crippen molar-refractivity contribution in [1.29, 1.82) is 0 Å². The molecular weight excluding hydrogens is 434 g/mol. The number of carbonyl (C=O) groups excluding carboxylic acids is 1. The van der Waals surface area contributed by atoms with E-state index in [-0.39, 0.29) is 17.0 Å². The maximum Gasteiger partial charge on any atom is 0.252 e. The smallest absolute Gasteiger partial charge is 0.252 e. The molecule has 4 N–H and O–H groups in total. The second-order valence-corrected chi connectivity index (χ2v) is 11.2. The van der Waals surface area contributed by atoms with E-state index in [1.807, 2.05) is 81.4 Å². The van der Waals surface area contributed by atoms with Gasteiger partial charge in [-0.25, -0.2) is 0 Å². The van der Waals surface area contributed by atoms with Gasteiger partial charge < -0.3 is 21.1 Å². The summed E-state index contributed by atoms with van der Waals surface area (Å²) in [5.74, 6) is -0.126. The Kier molecular flexibility index (Phi) is 7.91. The third kappa shape index (κ3) is 7.33. The number of aliphatic hydroxyl groups excluding tert-OH is 1. The summed E-state index contributed by atoms with van der Waals surface area (Å²) >= 11 is 0. The van der Waals surface area contributed by atoms with E-state index in [0.717, 1.165) is 33.3 Å². The van der Waals surface area contributed by atoms with Crippen molar-refractivity contribution in [1.82, 2.24) is 10.6 Å². The van der Waals surface area contributed by atoms with Gasteiger partial charge in [0.2, 0.25) is 0 Å². The highest BCUT2D eigenvalue weighted by atomic mass is 16.3. The molecule has 0 radical (unpaired) electrons. The van der Waals surface area contributed by atoms with Crippen molar-refractivity contribution in [3.8, 4) is 0 Å². The van der Waals surface area contributed by atoms with Crippen molar-refractivity contribution in [2.75, 3.05) is 11.9 Å². The van der Waals surface area contributed by atoms with E-state index in [1.54, 1.807) is 0 Å². The van der Waals surface area contributed by atoms with Gasteiger partial charge >= 0.3 is 0 Å². The van der Waals surface area contributed by atoms with E-state index in [1.165, 1.54) is 0 Å². The van der Waals surface area contributed by atoms with Crippen LogP contribution < -0.4 is 16.0 Å². The number of benzene rings is 3. The molecule has 1 amide bonds. The summed E-state index contributed by atoms with van der Waals surface area (Å²) in [6, 6.07) is 19.7. The molecular formula is C30H39N3O2. The summed E-state index contributed by atoms with van der Waals surface area (Å²) in [6.07, 6.45) is -0.331. The fourth-order valence-electron chi connectivity index (χ4n) is 4.13. The third-order valence-corrected chi connectivity index (χ3v) is 5.49. The molecule has 0 bridgehead atoms. The van der Waals surface area contributed by atoms with Gasteiger partial charge in [0, 0.05) is 41.0 Å². The SMILES string of the molecule is C=C(NC(C)(C)C)c1ccccc1NCC(O)Cc1ccc2ccccc2c1C(=O)NC(C)(C)C. The molecule has 3 aromatic rings. The van der Waals surface area contributed by atoms with Gasteiger partial charge in [0.1, 0.15) is 0 Å². The number of aliphatic hydroxyl groups is 1. The fourth-order valence-corrected chi connectivity index (χ4v) is 4.13. The fraction of sp³-hybridized carbons (Fsp3) is 0.367. The zero-order chi connectivity index (χ0) is 25.8. The second kappa shape index (κ2) is 10.5. The Bertz CT molecular complexity index is 1200. The Balaban J connectivity index is 1.80. The van der Waals surface area contributed by atoms with Gasteiger partial charge in [-0.15, -0.1) is 0 Å². The van der Waals surface area contributed by atoms with Gasteiger partial charge in [0.25, 0.3) is 5.91 Å². The quantitative estimate of drug-likeness (QED) is 0.336. The maximum atomic E-state index is 13.3. The highest BCUT2D eigenvalue weighted by Gasteiger charge is 2.22. The van der Waals surface area contributed by atoms with Gasteiger partial charge in [-0.3, -0.25) is 4.79 Å². The van der Waals surface area contributed by atoms with Crippen molar-refractivity contribution in [2.45, 2.75) is 65.1 Å². The lowest BCUT2D eigenvalue weighted by Gasteiger charge is -2.25. The monoisotopic (exact) mass is 473 g/mol. The summed E-state index contributed by atoms with van der Waals surface area (Å²) in [5, 5.41) is 22.7. The minimum absolute atomic E-state index is 0.107. The number of fused-ring (bicyclic) bond motifs is 1. The standard InChI is InChI=1S/C30H39N3O2/c1-20(32-29(2,3)4)24-13-10-11-15-26(24)31-19-23(34)18-22-17-16-21-12-8-9-14-25(21)27(22)28(35)33-30(5,6)7/h8-17,23,31-32,34H,1,18-19H2,2-7H3,(H,33,35). The highest BCUT2D eigenvalue weighted by Crippen LogP contribution is 2.26. The molecule has 3 aromatic carbocycles. The highest BCUT2D eigenvalue weighted by molar-refractivity contribution is 6.08. The predicted octanol–water partition coefficient (Wildman–Crippen LogP) is 5.74. The molecule has 0 saturated carbocycles. The van der Waals surface area contributed by atoms with Gasteiger partial charge in [-0.05, 0) is 63.9 Å². The molecule has 0 aromatic heterocycles. The molecule has 0 heterocycles. The molecule has 0 aliphatic heterocycles. The van der Waals surface area contributed by atoms with Gasteiger partial charge in [0.15, 0.2) is 0 Å². The average Bonchev–Trinajstić information content (AvgIpc) is 2.75. The number of amides is 1. The van der Waals surface area contributed by atoms with E-state index < -0.39 is 6.10 Å². The lowest BCUT2D eigenvalue weighted by Crippen LogP contribution is -2.41. The van der Waals surface area contributed by atoms with Crippen molar-refractivity contribution >= 4 is 28.1 Å². The molecule has 0 fully saturated rings. The number of nitrogens with one attached hydrogen (secondary N) is 3. The zero-order valence-corrected chi connectivity index (χ0v) is 21.8. The van der Waals surface area contributed by atoms with Crippen molar-refractivity contribution < 1.29 is 9.90 Å². The van der Waals surface area contributed by atoms with Crippen LogP contribution in [0.25, 0.3) is 16.5 Å². The van der Waals surface area contributed by atoms with Gasteiger partial charge in [-0.1, -0.05) is 61.2 Å². The van der Waals surface area contributed by atoms with Crippen LogP contribution >= 0.6 is 0 Å². The van der Waals surface area contributed by atoms with E-state index >= 15 is 0 Å². The lowest BCUT2D eigenvalue weighted by atomic mass is 9.94. The summed E-state index contributed by atoms with van der Waals surface area (Å²) in [5.41, 5.74) is 3.67. The Morgan fingerprint density at radius 2 is 1.51 bits per heavy atom. The summed E-state index contributed by atoms with van der Waals surface area (Å²) in [7, 11) is 0. The van der Waals surface area contributed by atoms with E-state index in [9.17, 15) is 9.90 Å². The largest absolute Gasteiger partial charge is 0.391 e. The summed E-state index contributed by atoms with van der Waals surface area (Å²) < 4.78 is 0. The number of hydrogen-bond donors (Lipinski definition) is 4. The molecule has 5 nitrogen and oxygen atoms in total. The zero-order valence-electron chi connectivity index (χ0n) is 21.8. The predicted molar refractivity (Wildman–Crippen MR) is 148 cm³/mol. The third-order valence-electron chi connectivity index (χ3n) is 5.49. The molecule has 0 spiro atoms. The van der Waals surface area contributed by atoms with Gasteiger partial charge in [-0.2, -0.15) is 0 Å². The van der Waals surface area contributed by atoms with Crippen molar-refractivity contribution in [3.05, 3.63) is 83.9 Å². The van der Waals surface area contributed by atoms with Crippen LogP contribution in [0.2, 0.25) is 0 Å². The lowest BCUT2D eigenvalue weighted by molar-refractivity contribution is 0.0919. The first-order valence-electron chi connectivity index (χ1n) is 12.2. The second-order valence-electron chi connectivity index (χ2n) is 11.2. The number of para-hydroxylation sites is 1. The summed E-state index contributed by atoms with van der Waals surface area (Å²) in [6.45, 7) is 16.7. The van der Waals surface area contributed by atoms with Crippen LogP contribution in [0, 0.1) is 0 Å². The molecule has 0 saturated heterocycles. The van der Waals surface area contributed by atoms with Crippen LogP contribution in [0.15, 0.2) is 67.2 Å². The van der Waals surface area contributed by atoms with Crippen molar-refractivity contribution in [2.24, 2.45) is 0 Å². The van der Waals surface area contributed by atoms with E-state index in [4.69, 9.17) is 0 Å². The summed E-state index contributed by atoms with van der Waals surface area (Å²) in [4.78, 5) is 13.3. The van der Waals surface area contributed by atoms with Crippen LogP contribution in [-0.4, -0.2) is 34.7 Å². The molecule has 0 aliphatic rings. The number of carbonyl (C=O) groups is 1. The van der Waals surface area contributed by atoms with E-state index in [0.29, 0.717) is 18.5 Å². The minimum Gasteiger partial charge on any atom is -0.391 e. The van der Waals surface area contributed by atoms with Crippen LogP contribution in [0.1, 0.15) is 63.0 Å². The first kappa shape index (κ1) is 26.3. The van der Waals surface area contributed by atoms with E-state index in [2.05, 4.69) is 43.3 Å². The maximum absolute atomic E-state index is 13.3. The first-order valence-corrected chi connectivity index (χ1v) is 12.2. The minimum atomic E-state index is -0.686. The van der Waals surface area contributed by atoms with Gasteiger partial charge in [0.05, 0.1) is 11.7 Å². The number of hydrogen-bond acceptors (Lipinski definition) is 4. The molecule has 1 unspecified atom stereocenters. The Morgan fingerprint density at radius 3 is 2.20 bits per heavy atom. The van der Waals surface area contributed by atoms with Crippen LogP contribution in [0.4, 0.5) is 5.69 Å². The average molecular weight is 474 g/mol. The molecule has 3 rings (SSSR count). The Morgan fingerprint density at radius 1 is 0.886 bits per heavy atom. The number of rotatable bonds is 8. The molecule has 5 heteroatoms. The molecule has 1 atom stereocenters. The normalized spacial score (nSPS) is 12.8. The topological polar surface area (TPSA) is 73.4 Å². The van der Waals surface area contributed by atoms with Crippen molar-refractivity contribution in [3.63, 3.8) is 0 Å². The molecule has 186 valence electrons. The Labute approximate surface area is 209 Å².